The second-order valence-electron chi connectivity index (χ2n) is 14.8. The van der Waals surface area contributed by atoms with Crippen LogP contribution in [-0.2, 0) is 43.6 Å². The van der Waals surface area contributed by atoms with E-state index in [2.05, 4.69) is 60.3 Å². The Balaban J connectivity index is 1.33. The highest BCUT2D eigenvalue weighted by Gasteiger charge is 2.37. The maximum absolute atomic E-state index is 13.7. The summed E-state index contributed by atoms with van der Waals surface area (Å²) in [6.45, 7) is 2.28. The summed E-state index contributed by atoms with van der Waals surface area (Å²) in [5.74, 6) is 4.65. The number of likely N-dealkylation sites (N-methyl/N-ethyl adjacent to an activating group) is 2. The van der Waals surface area contributed by atoms with Crippen molar-refractivity contribution in [2.45, 2.75) is 51.0 Å². The van der Waals surface area contributed by atoms with Crippen molar-refractivity contribution in [2.75, 3.05) is 55.6 Å². The van der Waals surface area contributed by atoms with Crippen LogP contribution < -0.4 is 28.4 Å². The average Bonchev–Trinajstić information content (AvgIpc) is 3.21. The Hall–Kier alpha value is -5.29. The van der Waals surface area contributed by atoms with Gasteiger partial charge >= 0.3 is 0 Å². The first-order valence-electron chi connectivity index (χ1n) is 19.1. The Morgan fingerprint density at radius 1 is 0.661 bits per heavy atom. The van der Waals surface area contributed by atoms with Gasteiger partial charge in [0, 0.05) is 36.3 Å². The molecule has 0 N–H and O–H groups in total. The Bertz CT molecular complexity index is 2210. The molecule has 10 heteroatoms. The van der Waals surface area contributed by atoms with Crippen molar-refractivity contribution in [3.63, 3.8) is 0 Å². The lowest BCUT2D eigenvalue weighted by Crippen LogP contribution is -2.35. The largest absolute Gasteiger partial charge is 0.493 e. The van der Waals surface area contributed by atoms with Gasteiger partial charge in [-0.05, 0) is 122 Å². The number of methoxy groups -OCH3 is 4. The molecule has 0 saturated heterocycles. The molecule has 0 aromatic heterocycles. The molecule has 56 heavy (non-hydrogen) atoms. The van der Waals surface area contributed by atoms with E-state index in [1.807, 2.05) is 18.2 Å². The van der Waals surface area contributed by atoms with E-state index in [4.69, 9.17) is 33.2 Å². The van der Waals surface area contributed by atoms with Crippen LogP contribution in [0.25, 0.3) is 0 Å². The molecule has 4 aliphatic rings. The molecular formula is C46H49FN2O7. The van der Waals surface area contributed by atoms with E-state index in [-0.39, 0.29) is 24.5 Å². The molecule has 0 spiro atoms. The molecule has 0 saturated carbocycles. The number of ether oxygens (including phenoxy) is 7. The molecule has 9 nitrogen and oxygen atoms in total. The normalized spacial score (nSPS) is 17.8. The predicted octanol–water partition coefficient (Wildman–Crippen LogP) is 9.02. The number of benzene rings is 5. The number of nitrogens with zero attached hydrogens (tertiary/aromatic N) is 2. The topological polar surface area (TPSA) is 71.1 Å². The molecule has 0 radical (unpaired) electrons. The van der Waals surface area contributed by atoms with E-state index >= 15 is 0 Å². The number of halogens is 1. The second-order valence-corrected chi connectivity index (χ2v) is 14.8. The SMILES string of the molecule is COc1ccc2cc1Oc1ccc(cc1)CC1c3cc(c(OC)cc3CCN1C)Oc1c(OC)c(OC)c(COCc3ccc(F)cc3)c3c1C(C2)N(C)CC3. The zero-order valence-electron chi connectivity index (χ0n) is 32.9. The van der Waals surface area contributed by atoms with E-state index in [9.17, 15) is 4.39 Å². The zero-order valence-corrected chi connectivity index (χ0v) is 32.9. The molecular weight excluding hydrogens is 712 g/mol. The lowest BCUT2D eigenvalue weighted by Gasteiger charge is -2.38. The van der Waals surface area contributed by atoms with Crippen molar-refractivity contribution in [2.24, 2.45) is 0 Å². The Morgan fingerprint density at radius 3 is 2.07 bits per heavy atom. The van der Waals surface area contributed by atoms with Crippen LogP contribution in [0, 0.1) is 5.82 Å². The minimum absolute atomic E-state index is 0.110. The van der Waals surface area contributed by atoms with Crippen molar-refractivity contribution in [1.29, 1.82) is 0 Å². The smallest absolute Gasteiger partial charge is 0.204 e. The van der Waals surface area contributed by atoms with Crippen molar-refractivity contribution < 1.29 is 37.5 Å². The standard InChI is InChI=1S/C46H49FN2O7/c1-48-19-17-31-24-40(51-4)42-25-35(31)37(48)21-28-9-14-33(15-10-28)55-41-23-30(11-16-39(41)50-3)22-38-43-34(18-20-49(38)2)36(44(52-5)46(53-6)45(43)56-42)27-54-26-29-7-12-32(47)13-8-29/h7-16,23-25,37-38H,17-22,26-27H2,1-6H3. The molecule has 4 aliphatic heterocycles. The summed E-state index contributed by atoms with van der Waals surface area (Å²) in [7, 11) is 11.0. The van der Waals surface area contributed by atoms with E-state index in [0.29, 0.717) is 53.3 Å². The maximum Gasteiger partial charge on any atom is 0.204 e. The Labute approximate surface area is 328 Å². The maximum atomic E-state index is 13.7. The molecule has 9 rings (SSSR count). The van der Waals surface area contributed by atoms with Gasteiger partial charge in [0.15, 0.2) is 34.5 Å². The highest BCUT2D eigenvalue weighted by atomic mass is 19.1. The third kappa shape index (κ3) is 7.24. The number of rotatable bonds is 8. The quantitative estimate of drug-likeness (QED) is 0.154. The number of fused-ring (bicyclic) bond motifs is 2. The predicted molar refractivity (Wildman–Crippen MR) is 213 cm³/mol. The number of hydrogen-bond acceptors (Lipinski definition) is 9. The highest BCUT2D eigenvalue weighted by Crippen LogP contribution is 2.54. The minimum atomic E-state index is -0.282. The van der Waals surface area contributed by atoms with Gasteiger partial charge in [-0.1, -0.05) is 30.3 Å². The van der Waals surface area contributed by atoms with Gasteiger partial charge in [0.1, 0.15) is 11.6 Å². The van der Waals surface area contributed by atoms with Gasteiger partial charge in [-0.15, -0.1) is 0 Å². The van der Waals surface area contributed by atoms with Crippen LogP contribution in [0.15, 0.2) is 78.9 Å². The summed E-state index contributed by atoms with van der Waals surface area (Å²) in [4.78, 5) is 4.77. The van der Waals surface area contributed by atoms with E-state index in [0.717, 1.165) is 65.9 Å². The Morgan fingerprint density at radius 2 is 1.34 bits per heavy atom. The van der Waals surface area contributed by atoms with Gasteiger partial charge in [0.25, 0.3) is 0 Å². The molecule has 0 aliphatic carbocycles. The van der Waals surface area contributed by atoms with E-state index in [1.54, 1.807) is 40.6 Å². The molecule has 0 amide bonds. The monoisotopic (exact) mass is 760 g/mol. The fourth-order valence-electron chi connectivity index (χ4n) is 8.51. The van der Waals surface area contributed by atoms with Crippen LogP contribution >= 0.6 is 0 Å². The van der Waals surface area contributed by atoms with Crippen molar-refractivity contribution >= 4 is 0 Å². The fourth-order valence-corrected chi connectivity index (χ4v) is 8.51. The van der Waals surface area contributed by atoms with Gasteiger partial charge in [-0.25, -0.2) is 4.39 Å². The van der Waals surface area contributed by atoms with E-state index < -0.39 is 0 Å². The lowest BCUT2D eigenvalue weighted by molar-refractivity contribution is 0.103. The van der Waals surface area contributed by atoms with Gasteiger partial charge < -0.3 is 33.2 Å². The second kappa shape index (κ2) is 16.1. The fraction of sp³-hybridized carbons (Fsp3) is 0.348. The minimum Gasteiger partial charge on any atom is -0.493 e. The first kappa shape index (κ1) is 37.6. The summed E-state index contributed by atoms with van der Waals surface area (Å²) in [5, 5.41) is 0. The summed E-state index contributed by atoms with van der Waals surface area (Å²) in [5.41, 5.74) is 8.58. The third-order valence-corrected chi connectivity index (χ3v) is 11.5. The molecule has 6 bridgehead atoms. The Kier molecular flexibility index (Phi) is 10.8. The van der Waals surface area contributed by atoms with Crippen molar-refractivity contribution in [3.8, 4) is 46.0 Å². The zero-order chi connectivity index (χ0) is 38.9. The molecule has 292 valence electrons. The molecule has 2 atom stereocenters. The van der Waals surface area contributed by atoms with Crippen LogP contribution in [0.3, 0.4) is 0 Å². The lowest BCUT2D eigenvalue weighted by atomic mass is 9.84. The van der Waals surface area contributed by atoms with Crippen molar-refractivity contribution in [1.82, 2.24) is 9.80 Å². The summed E-state index contributed by atoms with van der Waals surface area (Å²) in [6.07, 6.45) is 3.07. The summed E-state index contributed by atoms with van der Waals surface area (Å²) in [6, 6.07) is 25.1. The van der Waals surface area contributed by atoms with Gasteiger partial charge in [0.2, 0.25) is 5.75 Å². The summed E-state index contributed by atoms with van der Waals surface area (Å²) < 4.78 is 58.0. The summed E-state index contributed by atoms with van der Waals surface area (Å²) >= 11 is 0. The first-order valence-corrected chi connectivity index (χ1v) is 19.1. The first-order chi connectivity index (χ1) is 27.3. The van der Waals surface area contributed by atoms with Crippen LogP contribution in [0.2, 0.25) is 0 Å². The third-order valence-electron chi connectivity index (χ3n) is 11.5. The van der Waals surface area contributed by atoms with E-state index in [1.165, 1.54) is 28.8 Å². The molecule has 0 fully saturated rings. The molecule has 5 aromatic rings. The molecule has 5 aromatic carbocycles. The van der Waals surface area contributed by atoms with Gasteiger partial charge in [0.05, 0.1) is 41.7 Å². The molecule has 2 unspecified atom stereocenters. The van der Waals surface area contributed by atoms with Crippen molar-refractivity contribution in [3.05, 3.63) is 129 Å². The van der Waals surface area contributed by atoms with Crippen LogP contribution in [0.4, 0.5) is 4.39 Å². The van der Waals surface area contributed by atoms with Gasteiger partial charge in [-0.3, -0.25) is 9.80 Å². The van der Waals surface area contributed by atoms with Crippen LogP contribution in [0.5, 0.6) is 46.0 Å². The average molecular weight is 761 g/mol. The number of hydrogen-bond donors (Lipinski definition) is 0. The highest BCUT2D eigenvalue weighted by molar-refractivity contribution is 5.67. The van der Waals surface area contributed by atoms with Gasteiger partial charge in [-0.2, -0.15) is 0 Å². The van der Waals surface area contributed by atoms with Crippen LogP contribution in [-0.4, -0.2) is 65.4 Å². The van der Waals surface area contributed by atoms with Crippen LogP contribution in [0.1, 0.15) is 56.6 Å². The molecule has 4 heterocycles.